The first kappa shape index (κ1) is 13.7. The number of aromatic amines is 1. The molecule has 1 amide bonds. The van der Waals surface area contributed by atoms with E-state index in [1.807, 2.05) is 0 Å². The van der Waals surface area contributed by atoms with Crippen molar-refractivity contribution in [1.82, 2.24) is 15.2 Å². The minimum atomic E-state index is -0.310. The Morgan fingerprint density at radius 1 is 1.35 bits per heavy atom. The van der Waals surface area contributed by atoms with Crippen molar-refractivity contribution in [3.05, 3.63) is 45.0 Å². The lowest BCUT2D eigenvalue weighted by Crippen LogP contribution is -2.32. The van der Waals surface area contributed by atoms with E-state index >= 15 is 0 Å². The van der Waals surface area contributed by atoms with E-state index in [-0.39, 0.29) is 17.2 Å². The predicted octanol–water partition coefficient (Wildman–Crippen LogP) is 0.373. The zero-order chi connectivity index (χ0) is 14.5. The third-order valence-corrected chi connectivity index (χ3v) is 2.95. The molecule has 2 N–H and O–H groups in total. The zero-order valence-electron chi connectivity index (χ0n) is 10.9. The lowest BCUT2D eigenvalue weighted by Gasteiger charge is -2.13. The molecule has 1 unspecified atom stereocenters. The van der Waals surface area contributed by atoms with E-state index < -0.39 is 0 Å². The van der Waals surface area contributed by atoms with Gasteiger partial charge in [0.25, 0.3) is 11.1 Å². The molecule has 104 valence electrons. The van der Waals surface area contributed by atoms with Crippen LogP contribution in [-0.4, -0.2) is 22.4 Å². The Hall–Kier alpha value is -2.70. The molecule has 0 aliphatic carbocycles. The molecule has 0 aliphatic heterocycles. The van der Waals surface area contributed by atoms with Gasteiger partial charge in [0.1, 0.15) is 0 Å². The van der Waals surface area contributed by atoms with Crippen molar-refractivity contribution in [2.75, 3.05) is 0 Å². The lowest BCUT2D eigenvalue weighted by atomic mass is 10.2. The first-order valence-corrected chi connectivity index (χ1v) is 6.09. The van der Waals surface area contributed by atoms with Gasteiger partial charge in [-0.2, -0.15) is 5.10 Å². The van der Waals surface area contributed by atoms with Crippen molar-refractivity contribution in [1.29, 1.82) is 0 Å². The van der Waals surface area contributed by atoms with E-state index in [1.54, 1.807) is 31.2 Å². The van der Waals surface area contributed by atoms with E-state index in [2.05, 4.69) is 15.6 Å². The summed E-state index contributed by atoms with van der Waals surface area (Å²) in [5.41, 5.74) is 1.57. The molecular weight excluding hydrogens is 260 g/mol. The molecule has 7 heteroatoms. The van der Waals surface area contributed by atoms with Crippen molar-refractivity contribution in [2.24, 2.45) is 5.10 Å². The predicted molar refractivity (Wildman–Crippen MR) is 75.8 cm³/mol. The highest BCUT2D eigenvalue weighted by molar-refractivity contribution is 5.80. The van der Waals surface area contributed by atoms with Crippen LogP contribution in [0.25, 0.3) is 10.8 Å². The van der Waals surface area contributed by atoms with Crippen LogP contribution >= 0.6 is 0 Å². The maximum absolute atomic E-state index is 12.3. The Bertz CT molecular complexity index is 760. The van der Waals surface area contributed by atoms with Gasteiger partial charge in [0.15, 0.2) is 0 Å². The summed E-state index contributed by atoms with van der Waals surface area (Å²) in [5.74, 6) is 0. The number of carbonyl (C=O) groups excluding carboxylic acids is 1. The van der Waals surface area contributed by atoms with Gasteiger partial charge >= 0.3 is 0 Å². The Balaban J connectivity index is 2.40. The van der Waals surface area contributed by atoms with Crippen LogP contribution in [-0.2, 0) is 4.79 Å². The number of H-pyrrole nitrogens is 1. The molecule has 0 spiro atoms. The van der Waals surface area contributed by atoms with Crippen LogP contribution in [0, 0.1) is 0 Å². The molecule has 0 aliphatic rings. The number of rotatable bonds is 5. The van der Waals surface area contributed by atoms with Crippen LogP contribution < -0.4 is 16.5 Å². The van der Waals surface area contributed by atoms with Crippen molar-refractivity contribution >= 4 is 23.4 Å². The van der Waals surface area contributed by atoms with Crippen LogP contribution in [0.4, 0.5) is 0 Å². The summed E-state index contributed by atoms with van der Waals surface area (Å²) >= 11 is 0. The Morgan fingerprint density at radius 3 is 2.75 bits per heavy atom. The number of nitrogens with one attached hydrogen (secondary N) is 2. The Kier molecular flexibility index (Phi) is 4.09. The standard InChI is InChI=1S/C13H14N4O3/c1-9(6-7-14-15-8-18)17-13(20)11-5-3-2-4-10(11)12(19)16-17/h2-5,7-9H,6H2,1H3,(H,15,18)(H,16,19)/b14-7+. The molecular formula is C13H14N4O3. The largest absolute Gasteiger partial charge is 0.277 e. The highest BCUT2D eigenvalue weighted by Gasteiger charge is 2.10. The fraction of sp³-hybridized carbons (Fsp3) is 0.231. The monoisotopic (exact) mass is 274 g/mol. The fourth-order valence-corrected chi connectivity index (χ4v) is 1.92. The normalized spacial score (nSPS) is 12.7. The van der Waals surface area contributed by atoms with Crippen LogP contribution in [0.1, 0.15) is 19.4 Å². The number of amides is 1. The molecule has 1 atom stereocenters. The minimum absolute atomic E-state index is 0.260. The number of fused-ring (bicyclic) bond motifs is 1. The summed E-state index contributed by atoms with van der Waals surface area (Å²) in [5, 5.41) is 6.93. The van der Waals surface area contributed by atoms with Gasteiger partial charge in [0.2, 0.25) is 6.41 Å². The van der Waals surface area contributed by atoms with E-state index in [0.29, 0.717) is 23.6 Å². The number of hydrogen-bond donors (Lipinski definition) is 2. The molecule has 2 rings (SSSR count). The fourth-order valence-electron chi connectivity index (χ4n) is 1.92. The Morgan fingerprint density at radius 2 is 2.05 bits per heavy atom. The third kappa shape index (κ3) is 2.66. The van der Waals surface area contributed by atoms with Gasteiger partial charge in [-0.25, -0.2) is 4.68 Å². The molecule has 0 saturated heterocycles. The SMILES string of the molecule is CC(C/C=N/NC=O)n1[nH]c(=O)c2ccccc2c1=O. The average molecular weight is 274 g/mol. The summed E-state index contributed by atoms with van der Waals surface area (Å²) in [4.78, 5) is 34.2. The van der Waals surface area contributed by atoms with Gasteiger partial charge < -0.3 is 0 Å². The van der Waals surface area contributed by atoms with Gasteiger partial charge in [0, 0.05) is 12.6 Å². The summed E-state index contributed by atoms with van der Waals surface area (Å²) in [6.07, 6.45) is 2.32. The number of carbonyl (C=O) groups is 1. The molecule has 0 saturated carbocycles. The van der Waals surface area contributed by atoms with E-state index in [0.717, 1.165) is 0 Å². The number of benzene rings is 1. The van der Waals surface area contributed by atoms with Gasteiger partial charge in [0.05, 0.1) is 16.8 Å². The highest BCUT2D eigenvalue weighted by atomic mass is 16.2. The molecule has 20 heavy (non-hydrogen) atoms. The van der Waals surface area contributed by atoms with Crippen molar-refractivity contribution in [3.63, 3.8) is 0 Å². The topological polar surface area (TPSA) is 96.3 Å². The van der Waals surface area contributed by atoms with Gasteiger partial charge in [-0.05, 0) is 19.1 Å². The summed E-state index contributed by atoms with van der Waals surface area (Å²) in [6, 6.07) is 6.38. The second-order valence-corrected chi connectivity index (χ2v) is 4.31. The van der Waals surface area contributed by atoms with Crippen LogP contribution in [0.3, 0.4) is 0 Å². The molecule has 7 nitrogen and oxygen atoms in total. The van der Waals surface area contributed by atoms with Crippen molar-refractivity contribution in [3.8, 4) is 0 Å². The molecule has 0 radical (unpaired) electrons. The molecule has 0 fully saturated rings. The maximum Gasteiger partial charge on any atom is 0.273 e. The number of nitrogens with zero attached hydrogens (tertiary/aromatic N) is 2. The zero-order valence-corrected chi connectivity index (χ0v) is 10.9. The molecule has 1 heterocycles. The quantitative estimate of drug-likeness (QED) is 0.468. The van der Waals surface area contributed by atoms with Gasteiger partial charge in [-0.1, -0.05) is 12.1 Å². The maximum atomic E-state index is 12.3. The summed E-state index contributed by atoms with van der Waals surface area (Å²) < 4.78 is 1.28. The second kappa shape index (κ2) is 5.96. The first-order chi connectivity index (χ1) is 9.65. The van der Waals surface area contributed by atoms with Crippen LogP contribution in [0.5, 0.6) is 0 Å². The summed E-state index contributed by atoms with van der Waals surface area (Å²) in [6.45, 7) is 1.78. The third-order valence-electron chi connectivity index (χ3n) is 2.95. The average Bonchev–Trinajstić information content (AvgIpc) is 2.47. The lowest BCUT2D eigenvalue weighted by molar-refractivity contribution is -0.109. The second-order valence-electron chi connectivity index (χ2n) is 4.31. The van der Waals surface area contributed by atoms with Gasteiger partial charge in [-0.3, -0.25) is 24.9 Å². The van der Waals surface area contributed by atoms with Crippen molar-refractivity contribution in [2.45, 2.75) is 19.4 Å². The van der Waals surface area contributed by atoms with E-state index in [4.69, 9.17) is 0 Å². The molecule has 1 aromatic carbocycles. The number of hydrazone groups is 1. The van der Waals surface area contributed by atoms with E-state index in [9.17, 15) is 14.4 Å². The summed E-state index contributed by atoms with van der Waals surface area (Å²) in [7, 11) is 0. The molecule has 0 bridgehead atoms. The van der Waals surface area contributed by atoms with Gasteiger partial charge in [-0.15, -0.1) is 0 Å². The molecule has 2 aromatic rings. The van der Waals surface area contributed by atoms with Crippen LogP contribution in [0.2, 0.25) is 0 Å². The number of hydrogen-bond acceptors (Lipinski definition) is 4. The van der Waals surface area contributed by atoms with E-state index in [1.165, 1.54) is 10.9 Å². The highest BCUT2D eigenvalue weighted by Crippen LogP contribution is 2.07. The Labute approximate surface area is 113 Å². The minimum Gasteiger partial charge on any atom is -0.277 e. The van der Waals surface area contributed by atoms with Crippen LogP contribution in [0.15, 0.2) is 39.0 Å². The smallest absolute Gasteiger partial charge is 0.273 e. The number of aromatic nitrogens is 2. The van der Waals surface area contributed by atoms with Crippen molar-refractivity contribution < 1.29 is 4.79 Å². The first-order valence-electron chi connectivity index (χ1n) is 6.09. The molecule has 1 aromatic heterocycles.